The number of ether oxygens (including phenoxy) is 2. The predicted molar refractivity (Wildman–Crippen MR) is 135 cm³/mol. The summed E-state index contributed by atoms with van der Waals surface area (Å²) in [5.41, 5.74) is 0.803. The van der Waals surface area contributed by atoms with Gasteiger partial charge in [-0.05, 0) is 78.0 Å². The van der Waals surface area contributed by atoms with Crippen LogP contribution in [0.2, 0.25) is 0 Å². The second-order valence-electron chi connectivity index (χ2n) is 10.9. The summed E-state index contributed by atoms with van der Waals surface area (Å²) in [6.45, 7) is 12.7. The molecule has 0 spiro atoms. The van der Waals surface area contributed by atoms with E-state index in [9.17, 15) is 9.59 Å². The Balaban J connectivity index is 1.94. The summed E-state index contributed by atoms with van der Waals surface area (Å²) < 4.78 is 10.5. The first-order valence-corrected chi connectivity index (χ1v) is 12.2. The van der Waals surface area contributed by atoms with Crippen LogP contribution < -0.4 is 16.0 Å². The molecule has 190 valence electrons. The number of aliphatic imine (C=N–C) groups is 1. The van der Waals surface area contributed by atoms with Gasteiger partial charge >= 0.3 is 12.2 Å². The van der Waals surface area contributed by atoms with E-state index in [-0.39, 0.29) is 12.5 Å². The van der Waals surface area contributed by atoms with E-state index >= 15 is 0 Å². The summed E-state index contributed by atoms with van der Waals surface area (Å²) in [7, 11) is 0. The number of alkyl carbamates (subject to hydrolysis) is 2. The van der Waals surface area contributed by atoms with Crippen molar-refractivity contribution in [3.05, 3.63) is 35.4 Å². The smallest absolute Gasteiger partial charge is 0.414 e. The van der Waals surface area contributed by atoms with Gasteiger partial charge in [-0.1, -0.05) is 43.5 Å². The van der Waals surface area contributed by atoms with Crippen LogP contribution in [0.1, 0.15) is 84.8 Å². The molecule has 0 aliphatic heterocycles. The Bertz CT molecular complexity index is 785. The fourth-order valence-corrected chi connectivity index (χ4v) is 3.66. The molecule has 1 aliphatic carbocycles. The number of rotatable bonds is 6. The molecule has 8 nitrogen and oxygen atoms in total. The van der Waals surface area contributed by atoms with Crippen LogP contribution >= 0.6 is 0 Å². The number of guanidine groups is 1. The number of amides is 2. The van der Waals surface area contributed by atoms with Crippen LogP contribution in [-0.4, -0.2) is 35.9 Å². The minimum atomic E-state index is -0.707. The van der Waals surface area contributed by atoms with Crippen LogP contribution in [0.25, 0.3) is 0 Å². The Morgan fingerprint density at radius 1 is 0.853 bits per heavy atom. The molecule has 0 unspecified atom stereocenters. The molecule has 1 aromatic carbocycles. The van der Waals surface area contributed by atoms with Crippen molar-refractivity contribution >= 4 is 18.1 Å². The number of carbonyl (C=O) groups is 2. The topological polar surface area (TPSA) is 101 Å². The molecule has 1 aliphatic rings. The lowest BCUT2D eigenvalue weighted by molar-refractivity contribution is 0.0545. The van der Waals surface area contributed by atoms with Gasteiger partial charge in [0.1, 0.15) is 11.2 Å². The zero-order valence-corrected chi connectivity index (χ0v) is 21.6. The lowest BCUT2D eigenvalue weighted by Crippen LogP contribution is -2.47. The zero-order chi connectivity index (χ0) is 25.2. The fourth-order valence-electron chi connectivity index (χ4n) is 3.66. The lowest BCUT2D eigenvalue weighted by Gasteiger charge is -2.22. The highest BCUT2D eigenvalue weighted by molar-refractivity contribution is 6.01. The molecule has 0 aromatic heterocycles. The molecule has 1 aromatic rings. The Morgan fingerprint density at radius 3 is 1.85 bits per heavy atom. The van der Waals surface area contributed by atoms with Gasteiger partial charge in [-0.2, -0.15) is 0 Å². The minimum Gasteiger partial charge on any atom is -0.444 e. The van der Waals surface area contributed by atoms with E-state index in [0.29, 0.717) is 0 Å². The maximum Gasteiger partial charge on any atom is 0.414 e. The SMILES string of the molecule is CC(C)(C)OC(=O)NC(=NCc1ccc(CNCC2CCCCC2)cc1)NC(=O)OC(C)(C)C. The van der Waals surface area contributed by atoms with Crippen molar-refractivity contribution in [2.75, 3.05) is 6.54 Å². The summed E-state index contributed by atoms with van der Waals surface area (Å²) in [6.07, 6.45) is 5.35. The van der Waals surface area contributed by atoms with Crippen LogP contribution in [0.4, 0.5) is 9.59 Å². The van der Waals surface area contributed by atoms with Crippen molar-refractivity contribution in [3.8, 4) is 0 Å². The van der Waals surface area contributed by atoms with E-state index in [1.54, 1.807) is 41.5 Å². The van der Waals surface area contributed by atoms with Gasteiger partial charge in [0.25, 0.3) is 0 Å². The number of hydrogen-bond donors (Lipinski definition) is 3. The number of benzene rings is 1. The van der Waals surface area contributed by atoms with E-state index in [1.807, 2.05) is 12.1 Å². The summed E-state index contributed by atoms with van der Waals surface area (Å²) in [4.78, 5) is 28.8. The van der Waals surface area contributed by atoms with Gasteiger partial charge in [-0.3, -0.25) is 10.6 Å². The predicted octanol–water partition coefficient (Wildman–Crippen LogP) is 5.26. The molecule has 0 radical (unpaired) electrons. The Labute approximate surface area is 204 Å². The summed E-state index contributed by atoms with van der Waals surface area (Å²) >= 11 is 0. The van der Waals surface area contributed by atoms with Crippen molar-refractivity contribution in [2.24, 2.45) is 10.9 Å². The van der Waals surface area contributed by atoms with Crippen molar-refractivity contribution in [1.82, 2.24) is 16.0 Å². The molecule has 0 bridgehead atoms. The third-order valence-electron chi connectivity index (χ3n) is 5.17. The van der Waals surface area contributed by atoms with E-state index in [4.69, 9.17) is 9.47 Å². The fraction of sp³-hybridized carbons (Fsp3) is 0.654. The van der Waals surface area contributed by atoms with Crippen molar-refractivity contribution in [3.63, 3.8) is 0 Å². The Kier molecular flexibility index (Phi) is 10.4. The van der Waals surface area contributed by atoms with E-state index in [1.165, 1.54) is 37.7 Å². The molecule has 1 fully saturated rings. The molecule has 0 heterocycles. The molecule has 3 N–H and O–H groups in total. The van der Waals surface area contributed by atoms with Crippen molar-refractivity contribution in [2.45, 2.75) is 97.9 Å². The normalized spacial score (nSPS) is 14.8. The lowest BCUT2D eigenvalue weighted by atomic mass is 9.89. The molecular formula is C26H42N4O4. The first kappa shape index (κ1) is 27.6. The first-order chi connectivity index (χ1) is 15.9. The van der Waals surface area contributed by atoms with Crippen molar-refractivity contribution in [1.29, 1.82) is 0 Å². The van der Waals surface area contributed by atoms with Gasteiger partial charge in [0, 0.05) is 6.54 Å². The molecule has 0 atom stereocenters. The molecule has 34 heavy (non-hydrogen) atoms. The third kappa shape index (κ3) is 12.0. The first-order valence-electron chi connectivity index (χ1n) is 12.2. The van der Waals surface area contributed by atoms with Gasteiger partial charge in [-0.25, -0.2) is 14.6 Å². The standard InChI is InChI=1S/C26H42N4O4/c1-25(2,3)33-23(31)29-22(30-24(32)34-26(4,5)6)28-18-21-14-12-20(13-15-21)17-27-16-19-10-8-7-9-11-19/h12-15,19,27H,7-11,16-18H2,1-6H3,(H2,28,29,30,31,32). The van der Waals surface area contributed by atoms with Crippen LogP contribution in [0.15, 0.2) is 29.3 Å². The van der Waals surface area contributed by atoms with Crippen LogP contribution in [0.3, 0.4) is 0 Å². The highest BCUT2D eigenvalue weighted by atomic mass is 16.6. The number of hydrogen-bond acceptors (Lipinski definition) is 6. The van der Waals surface area contributed by atoms with E-state index < -0.39 is 23.4 Å². The average Bonchev–Trinajstić information content (AvgIpc) is 2.71. The van der Waals surface area contributed by atoms with Crippen molar-refractivity contribution < 1.29 is 19.1 Å². The number of carbonyl (C=O) groups excluding carboxylic acids is 2. The maximum atomic E-state index is 12.2. The van der Waals surface area contributed by atoms with Gasteiger partial charge in [0.15, 0.2) is 0 Å². The van der Waals surface area contributed by atoms with Gasteiger partial charge in [0.2, 0.25) is 5.96 Å². The van der Waals surface area contributed by atoms with Crippen LogP contribution in [-0.2, 0) is 22.6 Å². The third-order valence-corrected chi connectivity index (χ3v) is 5.17. The van der Waals surface area contributed by atoms with Crippen LogP contribution in [0.5, 0.6) is 0 Å². The minimum absolute atomic E-state index is 0.0262. The Morgan fingerprint density at radius 2 is 1.35 bits per heavy atom. The number of nitrogens with one attached hydrogen (secondary N) is 3. The molecule has 2 rings (SSSR count). The highest BCUT2D eigenvalue weighted by Crippen LogP contribution is 2.22. The van der Waals surface area contributed by atoms with E-state index in [2.05, 4.69) is 33.1 Å². The van der Waals surface area contributed by atoms with Gasteiger partial charge in [-0.15, -0.1) is 0 Å². The van der Waals surface area contributed by atoms with Crippen LogP contribution in [0, 0.1) is 5.92 Å². The Hall–Kier alpha value is -2.61. The molecule has 8 heteroatoms. The molecule has 2 amide bonds. The zero-order valence-electron chi connectivity index (χ0n) is 21.6. The number of nitrogens with zero attached hydrogens (tertiary/aromatic N) is 1. The second kappa shape index (κ2) is 12.7. The monoisotopic (exact) mass is 474 g/mol. The quantitative estimate of drug-likeness (QED) is 0.386. The average molecular weight is 475 g/mol. The molecule has 1 saturated carbocycles. The summed E-state index contributed by atoms with van der Waals surface area (Å²) in [6, 6.07) is 8.14. The molecular weight excluding hydrogens is 432 g/mol. The van der Waals surface area contributed by atoms with E-state index in [0.717, 1.165) is 24.6 Å². The van der Waals surface area contributed by atoms with Gasteiger partial charge in [0.05, 0.1) is 6.54 Å². The largest absolute Gasteiger partial charge is 0.444 e. The highest BCUT2D eigenvalue weighted by Gasteiger charge is 2.21. The summed E-state index contributed by atoms with van der Waals surface area (Å²) in [5, 5.41) is 8.57. The second-order valence-corrected chi connectivity index (χ2v) is 10.9. The molecule has 0 saturated heterocycles. The van der Waals surface area contributed by atoms with Gasteiger partial charge < -0.3 is 14.8 Å². The maximum absolute atomic E-state index is 12.2. The summed E-state index contributed by atoms with van der Waals surface area (Å²) in [5.74, 6) is 0.775.